The number of nitrogens with zero attached hydrogens (tertiary/aromatic N) is 3. The molecule has 0 aliphatic carbocycles. The zero-order valence-electron chi connectivity index (χ0n) is 21.8. The van der Waals surface area contributed by atoms with E-state index in [9.17, 15) is 14.4 Å². The van der Waals surface area contributed by atoms with Gasteiger partial charge < -0.3 is 4.57 Å². The normalized spacial score (nSPS) is 11.5. The molecule has 7 nitrogen and oxygen atoms in total. The highest BCUT2D eigenvalue weighted by molar-refractivity contribution is 5.78. The van der Waals surface area contributed by atoms with Crippen molar-refractivity contribution in [2.75, 3.05) is 0 Å². The number of imidazole rings is 1. The van der Waals surface area contributed by atoms with Gasteiger partial charge in [-0.1, -0.05) is 84.0 Å². The highest BCUT2D eigenvalue weighted by Gasteiger charge is 2.14. The zero-order valence-corrected chi connectivity index (χ0v) is 21.8. The molecule has 34 heavy (non-hydrogen) atoms. The molecule has 0 atom stereocenters. The van der Waals surface area contributed by atoms with Crippen LogP contribution in [0.4, 0.5) is 0 Å². The van der Waals surface area contributed by atoms with Crippen LogP contribution in [0.5, 0.6) is 0 Å². The lowest BCUT2D eigenvalue weighted by atomic mass is 10.0. The monoisotopic (exact) mass is 474 g/mol. The maximum Gasteiger partial charge on any atom is 0.329 e. The molecule has 192 valence electrons. The minimum absolute atomic E-state index is 0.379. The number of aryl methyl sites for hydroxylation is 3. The SMILES string of the molecule is CCCCCCCCCCC(=O)CCCCCCCCCc1nc2c(c(=O)[nH]c(=O)n2C)n1C. The second kappa shape index (κ2) is 15.7. The molecule has 2 rings (SSSR count). The van der Waals surface area contributed by atoms with Gasteiger partial charge in [-0.2, -0.15) is 0 Å². The fourth-order valence-corrected chi connectivity index (χ4v) is 4.65. The Morgan fingerprint density at radius 3 is 1.79 bits per heavy atom. The fraction of sp³-hybridized carbons (Fsp3) is 0.778. The first-order valence-electron chi connectivity index (χ1n) is 13.6. The smallest absolute Gasteiger partial charge is 0.325 e. The standard InChI is InChI=1S/C27H46N4O3/c1-4-5-6-7-8-10-13-16-19-22(32)20-17-14-11-9-12-15-18-21-23-28-25-24(30(23)2)26(33)29-27(34)31(25)3/h4-21H2,1-3H3,(H,29,33,34). The summed E-state index contributed by atoms with van der Waals surface area (Å²) in [7, 11) is 3.46. The lowest BCUT2D eigenvalue weighted by molar-refractivity contribution is -0.119. The number of ketones is 1. The molecule has 0 spiro atoms. The molecule has 2 aromatic rings. The number of Topliss-reactive ketones (excluding diaryl/α,β-unsaturated/α-hetero) is 1. The van der Waals surface area contributed by atoms with Crippen molar-refractivity contribution in [3.05, 3.63) is 26.7 Å². The van der Waals surface area contributed by atoms with Gasteiger partial charge in [0, 0.05) is 33.4 Å². The number of carbonyl (C=O) groups is 1. The Balaban J connectivity index is 1.48. The Morgan fingerprint density at radius 2 is 1.24 bits per heavy atom. The van der Waals surface area contributed by atoms with Crippen LogP contribution >= 0.6 is 0 Å². The van der Waals surface area contributed by atoms with E-state index in [1.807, 2.05) is 7.05 Å². The van der Waals surface area contributed by atoms with Crippen molar-refractivity contribution >= 4 is 16.9 Å². The molecule has 0 amide bonds. The van der Waals surface area contributed by atoms with Gasteiger partial charge in [0.15, 0.2) is 11.2 Å². The summed E-state index contributed by atoms with van der Waals surface area (Å²) >= 11 is 0. The van der Waals surface area contributed by atoms with Crippen molar-refractivity contribution in [2.45, 2.75) is 122 Å². The van der Waals surface area contributed by atoms with Crippen LogP contribution in [0.3, 0.4) is 0 Å². The largest absolute Gasteiger partial charge is 0.329 e. The van der Waals surface area contributed by atoms with Crippen molar-refractivity contribution in [3.8, 4) is 0 Å². The van der Waals surface area contributed by atoms with Gasteiger partial charge in [-0.25, -0.2) is 9.78 Å². The molecule has 0 saturated heterocycles. The van der Waals surface area contributed by atoms with Crippen molar-refractivity contribution in [1.82, 2.24) is 19.1 Å². The molecule has 7 heteroatoms. The maximum atomic E-state index is 12.1. The van der Waals surface area contributed by atoms with Crippen LogP contribution in [-0.2, 0) is 25.3 Å². The Bertz CT molecular complexity index is 986. The van der Waals surface area contributed by atoms with E-state index in [0.717, 1.165) is 57.2 Å². The second-order valence-corrected chi connectivity index (χ2v) is 9.82. The third-order valence-electron chi connectivity index (χ3n) is 6.89. The summed E-state index contributed by atoms with van der Waals surface area (Å²) in [4.78, 5) is 42.8. The fourth-order valence-electron chi connectivity index (χ4n) is 4.65. The van der Waals surface area contributed by atoms with Gasteiger partial charge in [-0.15, -0.1) is 0 Å². The van der Waals surface area contributed by atoms with Crippen molar-refractivity contribution < 1.29 is 4.79 Å². The van der Waals surface area contributed by atoms with Crippen LogP contribution in [0.25, 0.3) is 11.2 Å². The topological polar surface area (TPSA) is 89.8 Å². The van der Waals surface area contributed by atoms with Crippen molar-refractivity contribution in [1.29, 1.82) is 0 Å². The minimum atomic E-state index is -0.433. The molecule has 2 aromatic heterocycles. The Hall–Kier alpha value is -2.18. The molecule has 0 fully saturated rings. The van der Waals surface area contributed by atoms with Crippen LogP contribution in [-0.4, -0.2) is 24.9 Å². The molecule has 2 heterocycles. The first-order chi connectivity index (χ1) is 16.5. The van der Waals surface area contributed by atoms with E-state index in [0.29, 0.717) is 16.9 Å². The van der Waals surface area contributed by atoms with E-state index >= 15 is 0 Å². The predicted molar refractivity (Wildman–Crippen MR) is 139 cm³/mol. The van der Waals surface area contributed by atoms with Gasteiger partial charge in [-0.05, 0) is 19.3 Å². The van der Waals surface area contributed by atoms with Crippen LogP contribution in [0.1, 0.15) is 122 Å². The third-order valence-corrected chi connectivity index (χ3v) is 6.89. The average molecular weight is 475 g/mol. The number of aromatic amines is 1. The molecular formula is C27H46N4O3. The van der Waals surface area contributed by atoms with E-state index < -0.39 is 5.69 Å². The zero-order chi connectivity index (χ0) is 24.8. The Morgan fingerprint density at radius 1 is 0.735 bits per heavy atom. The highest BCUT2D eigenvalue weighted by atomic mass is 16.2. The molecule has 0 aliphatic heterocycles. The maximum absolute atomic E-state index is 12.1. The predicted octanol–water partition coefficient (Wildman–Crippen LogP) is 5.72. The molecule has 0 saturated carbocycles. The lowest BCUT2D eigenvalue weighted by Gasteiger charge is -2.04. The van der Waals surface area contributed by atoms with E-state index in [1.54, 1.807) is 11.6 Å². The summed E-state index contributed by atoms with van der Waals surface area (Å²) < 4.78 is 3.19. The first kappa shape index (κ1) is 28.1. The molecular weight excluding hydrogens is 428 g/mol. The molecule has 0 aliphatic rings. The van der Waals surface area contributed by atoms with Gasteiger partial charge in [0.25, 0.3) is 5.56 Å². The summed E-state index contributed by atoms with van der Waals surface area (Å²) in [5.41, 5.74) is 0.0879. The van der Waals surface area contributed by atoms with Gasteiger partial charge >= 0.3 is 5.69 Å². The van der Waals surface area contributed by atoms with E-state index in [-0.39, 0.29) is 5.56 Å². The molecule has 0 aromatic carbocycles. The highest BCUT2D eigenvalue weighted by Crippen LogP contribution is 2.15. The van der Waals surface area contributed by atoms with Crippen molar-refractivity contribution in [3.63, 3.8) is 0 Å². The number of hydrogen-bond donors (Lipinski definition) is 1. The number of unbranched alkanes of at least 4 members (excludes halogenated alkanes) is 13. The summed E-state index contributed by atoms with van der Waals surface area (Å²) in [5.74, 6) is 1.29. The molecule has 0 unspecified atom stereocenters. The van der Waals surface area contributed by atoms with Crippen molar-refractivity contribution in [2.24, 2.45) is 14.1 Å². The number of hydrogen-bond acceptors (Lipinski definition) is 4. The van der Waals surface area contributed by atoms with Crippen LogP contribution in [0.15, 0.2) is 9.59 Å². The molecule has 0 radical (unpaired) electrons. The summed E-state index contributed by atoms with van der Waals surface area (Å²) in [6.45, 7) is 2.25. The van der Waals surface area contributed by atoms with Gasteiger partial charge in [0.1, 0.15) is 11.6 Å². The van der Waals surface area contributed by atoms with Gasteiger partial charge in [-0.3, -0.25) is 19.1 Å². The van der Waals surface area contributed by atoms with Crippen LogP contribution in [0.2, 0.25) is 0 Å². The number of nitrogens with one attached hydrogen (secondary N) is 1. The summed E-state index contributed by atoms with van der Waals surface area (Å²) in [6, 6.07) is 0. The lowest BCUT2D eigenvalue weighted by Crippen LogP contribution is -2.29. The van der Waals surface area contributed by atoms with E-state index in [2.05, 4.69) is 16.9 Å². The van der Waals surface area contributed by atoms with Gasteiger partial charge in [0.2, 0.25) is 0 Å². The van der Waals surface area contributed by atoms with Crippen LogP contribution in [0, 0.1) is 0 Å². The quantitative estimate of drug-likeness (QED) is 0.264. The Kier molecular flexibility index (Phi) is 12.9. The number of carbonyl (C=O) groups excluding carboxylic acids is 1. The van der Waals surface area contributed by atoms with Crippen LogP contribution < -0.4 is 11.2 Å². The molecule has 0 bridgehead atoms. The minimum Gasteiger partial charge on any atom is -0.325 e. The van der Waals surface area contributed by atoms with Gasteiger partial charge in [0.05, 0.1) is 0 Å². The summed E-state index contributed by atoms with van der Waals surface area (Å²) in [6.07, 6.45) is 20.5. The second-order valence-electron chi connectivity index (χ2n) is 9.82. The third kappa shape index (κ3) is 9.22. The average Bonchev–Trinajstić information content (AvgIpc) is 3.15. The number of H-pyrrole nitrogens is 1. The van der Waals surface area contributed by atoms with E-state index in [1.165, 1.54) is 68.8 Å². The number of fused-ring (bicyclic) bond motifs is 1. The molecule has 1 N–H and O–H groups in total. The number of rotatable bonds is 19. The Labute approximate surface area is 204 Å². The number of aromatic nitrogens is 4. The summed E-state index contributed by atoms with van der Waals surface area (Å²) in [5, 5.41) is 0. The first-order valence-corrected chi connectivity index (χ1v) is 13.6. The van der Waals surface area contributed by atoms with E-state index in [4.69, 9.17) is 0 Å².